The number of nitrogens with zero attached hydrogens (tertiary/aromatic N) is 4. The molecule has 0 spiro atoms. The lowest BCUT2D eigenvalue weighted by atomic mass is 10.2. The van der Waals surface area contributed by atoms with Gasteiger partial charge in [-0.3, -0.25) is 9.13 Å². The maximum Gasteiger partial charge on any atom is 0.330 e. The standard InChI is InChI=1S/C12H18N4OS.C5H13NO/c1-3-4-5-6-7-16-10-9(13-8-14-10)11(18)15(2)12(16)17;1-6(2,3)4-5-7/h8H,3-7H2,1-2H3,(H,13,14);4-5H2,1-3H3. The lowest BCUT2D eigenvalue weighted by Gasteiger charge is -2.25. The summed E-state index contributed by atoms with van der Waals surface area (Å²) < 4.78 is 4.49. The number of H-pyrrole nitrogens is 1. The number of quaternary nitrogens is 1. The number of rotatable bonds is 7. The Morgan fingerprint density at radius 3 is 2.48 bits per heavy atom. The van der Waals surface area contributed by atoms with Crippen LogP contribution >= 0.6 is 12.2 Å². The molecule has 0 saturated heterocycles. The number of imidazole rings is 1. The van der Waals surface area contributed by atoms with Gasteiger partial charge in [-0.15, -0.1) is 0 Å². The molecule has 0 aliphatic rings. The monoisotopic (exact) mass is 369 g/mol. The fourth-order valence-electron chi connectivity index (χ4n) is 2.35. The smallest absolute Gasteiger partial charge is 0.330 e. The van der Waals surface area contributed by atoms with Gasteiger partial charge in [-0.1, -0.05) is 45.0 Å². The predicted octanol–water partition coefficient (Wildman–Crippen LogP) is 1.43. The second-order valence-electron chi connectivity index (χ2n) is 7.18. The number of aryl methyl sites for hydroxylation is 1. The zero-order valence-electron chi connectivity index (χ0n) is 16.0. The first kappa shape index (κ1) is 21.5. The number of aromatic amines is 1. The lowest BCUT2D eigenvalue weighted by Crippen LogP contribution is -2.39. The van der Waals surface area contributed by atoms with Crippen LogP contribution in [0.4, 0.5) is 0 Å². The topological polar surface area (TPSA) is 78.7 Å². The van der Waals surface area contributed by atoms with Crippen molar-refractivity contribution in [1.29, 1.82) is 0 Å². The predicted molar refractivity (Wildman–Crippen MR) is 102 cm³/mol. The normalized spacial score (nSPS) is 11.4. The summed E-state index contributed by atoms with van der Waals surface area (Å²) in [6, 6.07) is 0. The van der Waals surface area contributed by atoms with Crippen molar-refractivity contribution in [2.45, 2.75) is 39.2 Å². The van der Waals surface area contributed by atoms with Gasteiger partial charge in [-0.05, 0) is 6.42 Å². The summed E-state index contributed by atoms with van der Waals surface area (Å²) in [7, 11) is 7.74. The van der Waals surface area contributed by atoms with E-state index in [1.54, 1.807) is 17.9 Å². The highest BCUT2D eigenvalue weighted by molar-refractivity contribution is 7.71. The van der Waals surface area contributed by atoms with Gasteiger partial charge >= 0.3 is 5.69 Å². The van der Waals surface area contributed by atoms with Gasteiger partial charge in [0.05, 0.1) is 34.0 Å². The van der Waals surface area contributed by atoms with Gasteiger partial charge in [-0.2, -0.15) is 0 Å². The second-order valence-corrected chi connectivity index (χ2v) is 7.56. The highest BCUT2D eigenvalue weighted by atomic mass is 32.1. The molecule has 0 aliphatic heterocycles. The summed E-state index contributed by atoms with van der Waals surface area (Å²) in [5.74, 6) is 0. The summed E-state index contributed by atoms with van der Waals surface area (Å²) in [6.07, 6.45) is 6.10. The van der Waals surface area contributed by atoms with Gasteiger partial charge in [0, 0.05) is 13.6 Å². The zero-order chi connectivity index (χ0) is 19.0. The highest BCUT2D eigenvalue weighted by Gasteiger charge is 2.10. The van der Waals surface area contributed by atoms with E-state index in [0.717, 1.165) is 29.4 Å². The van der Waals surface area contributed by atoms with E-state index >= 15 is 0 Å². The molecule has 1 N–H and O–H groups in total. The van der Waals surface area contributed by atoms with Crippen molar-refractivity contribution >= 4 is 23.4 Å². The molecule has 0 aromatic carbocycles. The van der Waals surface area contributed by atoms with Crippen molar-refractivity contribution in [3.8, 4) is 0 Å². The number of hydrogen-bond acceptors (Lipinski definition) is 4. The molecular formula is C17H31N5O2S. The first-order chi connectivity index (χ1) is 11.7. The van der Waals surface area contributed by atoms with Crippen molar-refractivity contribution in [3.05, 3.63) is 21.5 Å². The summed E-state index contributed by atoms with van der Waals surface area (Å²) in [6.45, 7) is 3.62. The number of fused-ring (bicyclic) bond motifs is 1. The van der Waals surface area contributed by atoms with E-state index in [9.17, 15) is 9.90 Å². The number of aromatic nitrogens is 4. The maximum absolute atomic E-state index is 12.2. The average molecular weight is 370 g/mol. The molecular weight excluding hydrogens is 338 g/mol. The molecule has 0 aliphatic carbocycles. The molecule has 0 saturated carbocycles. The van der Waals surface area contributed by atoms with Crippen LogP contribution in [0.25, 0.3) is 11.2 Å². The Kier molecular flexibility index (Phi) is 8.47. The first-order valence-corrected chi connectivity index (χ1v) is 9.15. The Hall–Kier alpha value is -1.51. The lowest BCUT2D eigenvalue weighted by molar-refractivity contribution is -0.875. The average Bonchev–Trinajstić information content (AvgIpc) is 3.01. The van der Waals surface area contributed by atoms with Crippen LogP contribution < -0.4 is 10.8 Å². The van der Waals surface area contributed by atoms with Crippen molar-refractivity contribution in [3.63, 3.8) is 0 Å². The quantitative estimate of drug-likeness (QED) is 0.455. The fourth-order valence-corrected chi connectivity index (χ4v) is 2.58. The van der Waals surface area contributed by atoms with E-state index in [1.807, 2.05) is 21.1 Å². The van der Waals surface area contributed by atoms with Gasteiger partial charge in [0.15, 0.2) is 5.65 Å². The number of likely N-dealkylation sites (N-methyl/N-ethyl adjacent to an activating group) is 1. The molecule has 0 atom stereocenters. The van der Waals surface area contributed by atoms with Gasteiger partial charge in [0.25, 0.3) is 0 Å². The molecule has 0 radical (unpaired) electrons. The van der Waals surface area contributed by atoms with Crippen LogP contribution in [0, 0.1) is 4.64 Å². The van der Waals surface area contributed by atoms with E-state index in [2.05, 4.69) is 16.9 Å². The van der Waals surface area contributed by atoms with Crippen LogP contribution in [0.15, 0.2) is 11.1 Å². The van der Waals surface area contributed by atoms with E-state index in [1.165, 1.54) is 17.4 Å². The van der Waals surface area contributed by atoms with Crippen molar-refractivity contribution in [2.24, 2.45) is 7.05 Å². The van der Waals surface area contributed by atoms with E-state index in [4.69, 9.17) is 12.2 Å². The Balaban J connectivity index is 0.000000381. The Labute approximate surface area is 154 Å². The van der Waals surface area contributed by atoms with Crippen LogP contribution in [0.5, 0.6) is 0 Å². The van der Waals surface area contributed by atoms with Crippen LogP contribution in [0.1, 0.15) is 32.6 Å². The minimum absolute atomic E-state index is 0.0312. The summed E-state index contributed by atoms with van der Waals surface area (Å²) >= 11 is 5.23. The van der Waals surface area contributed by atoms with Crippen LogP contribution in [0.3, 0.4) is 0 Å². The van der Waals surface area contributed by atoms with Gasteiger partial charge < -0.3 is 14.6 Å². The summed E-state index contributed by atoms with van der Waals surface area (Å²) in [4.78, 5) is 19.4. The molecule has 25 heavy (non-hydrogen) atoms. The van der Waals surface area contributed by atoms with E-state index in [0.29, 0.717) is 16.8 Å². The van der Waals surface area contributed by atoms with E-state index < -0.39 is 0 Å². The Bertz CT molecular complexity index is 770. The maximum atomic E-state index is 12.2. The van der Waals surface area contributed by atoms with Crippen LogP contribution in [-0.4, -0.2) is 57.9 Å². The third-order valence-electron chi connectivity index (χ3n) is 3.91. The van der Waals surface area contributed by atoms with Crippen molar-refractivity contribution in [2.75, 3.05) is 34.3 Å². The molecule has 0 fully saturated rings. The minimum atomic E-state index is -0.0869. The molecule has 0 unspecified atom stereocenters. The number of nitrogens with one attached hydrogen (secondary N) is 1. The third kappa shape index (κ3) is 6.37. The molecule has 2 heterocycles. The third-order valence-corrected chi connectivity index (χ3v) is 4.39. The molecule has 2 aromatic heterocycles. The molecule has 7 nitrogen and oxygen atoms in total. The fraction of sp³-hybridized carbons (Fsp3) is 0.706. The van der Waals surface area contributed by atoms with Crippen molar-refractivity contribution < 1.29 is 9.59 Å². The Morgan fingerprint density at radius 1 is 1.28 bits per heavy atom. The first-order valence-electron chi connectivity index (χ1n) is 8.74. The van der Waals surface area contributed by atoms with Crippen LogP contribution in [-0.2, 0) is 13.6 Å². The van der Waals surface area contributed by atoms with Gasteiger partial charge in [0.2, 0.25) is 0 Å². The van der Waals surface area contributed by atoms with Crippen molar-refractivity contribution in [1.82, 2.24) is 19.1 Å². The largest absolute Gasteiger partial charge is 0.850 e. The molecule has 0 bridgehead atoms. The highest BCUT2D eigenvalue weighted by Crippen LogP contribution is 2.09. The molecule has 2 rings (SSSR count). The Morgan fingerprint density at radius 2 is 1.96 bits per heavy atom. The number of hydrogen-bond donors (Lipinski definition) is 1. The van der Waals surface area contributed by atoms with E-state index in [-0.39, 0.29) is 12.3 Å². The molecule has 2 aromatic rings. The summed E-state index contributed by atoms with van der Waals surface area (Å²) in [5.41, 5.74) is 1.35. The van der Waals surface area contributed by atoms with Crippen LogP contribution in [0.2, 0.25) is 0 Å². The zero-order valence-corrected chi connectivity index (χ0v) is 16.9. The molecule has 0 amide bonds. The minimum Gasteiger partial charge on any atom is -0.850 e. The number of unbranched alkanes of at least 4 members (excludes halogenated alkanes) is 3. The molecule has 8 heteroatoms. The SMILES string of the molecule is CCCCCCn1c(=O)n(C)c(=S)c2[nH]cnc21.C[N+](C)(C)CC[O-]. The second kappa shape index (κ2) is 9.84. The van der Waals surface area contributed by atoms with Gasteiger partial charge in [-0.25, -0.2) is 9.78 Å². The molecule has 142 valence electrons. The van der Waals surface area contributed by atoms with Gasteiger partial charge in [0.1, 0.15) is 10.2 Å². The summed E-state index contributed by atoms with van der Waals surface area (Å²) in [5, 5.41) is 9.93.